The van der Waals surface area contributed by atoms with E-state index in [1.54, 1.807) is 55.8 Å². The minimum atomic E-state index is -0.586. The summed E-state index contributed by atoms with van der Waals surface area (Å²) in [5.41, 5.74) is 2.20. The second-order valence-electron chi connectivity index (χ2n) is 6.82. The van der Waals surface area contributed by atoms with E-state index in [1.807, 2.05) is 0 Å². The number of rotatable bonds is 6. The predicted octanol–water partition coefficient (Wildman–Crippen LogP) is 3.98. The second-order valence-corrected chi connectivity index (χ2v) is 7.22. The Morgan fingerprint density at radius 1 is 1.13 bits per heavy atom. The van der Waals surface area contributed by atoms with Crippen molar-refractivity contribution in [3.8, 4) is 11.3 Å². The van der Waals surface area contributed by atoms with Crippen LogP contribution in [0.3, 0.4) is 0 Å². The van der Waals surface area contributed by atoms with Gasteiger partial charge in [0.25, 0.3) is 5.91 Å². The summed E-state index contributed by atoms with van der Waals surface area (Å²) in [7, 11) is 1.47. The van der Waals surface area contributed by atoms with Gasteiger partial charge in [0.2, 0.25) is 5.78 Å². The Balaban J connectivity index is 1.86. The van der Waals surface area contributed by atoms with Gasteiger partial charge in [-0.2, -0.15) is 0 Å². The van der Waals surface area contributed by atoms with E-state index in [9.17, 15) is 9.59 Å². The standard InChI is InChI=1S/C20H22ClN5O4/c1-11(2)30-20(28)24-14-8-22-19-25-17(10-26(19)9-14)15-7-13(5-6-16(15)21)23-18(27)12(3)29-4/h5-12H,1-4H3,(H,23,27)(H,24,28). The van der Waals surface area contributed by atoms with Crippen molar-refractivity contribution >= 4 is 40.8 Å². The van der Waals surface area contributed by atoms with Gasteiger partial charge in [-0.3, -0.25) is 14.5 Å². The van der Waals surface area contributed by atoms with Gasteiger partial charge in [-0.25, -0.2) is 14.8 Å². The van der Waals surface area contributed by atoms with Gasteiger partial charge < -0.3 is 14.8 Å². The number of halogens is 1. The van der Waals surface area contributed by atoms with E-state index < -0.39 is 12.2 Å². The van der Waals surface area contributed by atoms with Crippen molar-refractivity contribution in [3.05, 3.63) is 41.8 Å². The molecular weight excluding hydrogens is 410 g/mol. The highest BCUT2D eigenvalue weighted by Gasteiger charge is 2.15. The Morgan fingerprint density at radius 3 is 2.60 bits per heavy atom. The average molecular weight is 432 g/mol. The number of imidazole rings is 1. The summed E-state index contributed by atoms with van der Waals surface area (Å²) in [6.45, 7) is 5.18. The predicted molar refractivity (Wildman–Crippen MR) is 114 cm³/mol. The van der Waals surface area contributed by atoms with Gasteiger partial charge in [-0.15, -0.1) is 0 Å². The molecule has 1 unspecified atom stereocenters. The summed E-state index contributed by atoms with van der Waals surface area (Å²) < 4.78 is 11.7. The van der Waals surface area contributed by atoms with Crippen molar-refractivity contribution in [1.29, 1.82) is 0 Å². The fraction of sp³-hybridized carbons (Fsp3) is 0.300. The molecule has 2 amide bonds. The molecule has 0 saturated carbocycles. The van der Waals surface area contributed by atoms with Crippen molar-refractivity contribution < 1.29 is 19.1 Å². The number of hydrogen-bond donors (Lipinski definition) is 2. The highest BCUT2D eigenvalue weighted by atomic mass is 35.5. The van der Waals surface area contributed by atoms with Crippen LogP contribution in [0.4, 0.5) is 16.2 Å². The Hall–Kier alpha value is -3.17. The van der Waals surface area contributed by atoms with E-state index >= 15 is 0 Å². The first-order valence-electron chi connectivity index (χ1n) is 9.22. The van der Waals surface area contributed by atoms with Crippen LogP contribution in [-0.4, -0.2) is 45.7 Å². The van der Waals surface area contributed by atoms with Gasteiger partial charge in [0, 0.05) is 30.8 Å². The lowest BCUT2D eigenvalue weighted by Gasteiger charge is -2.11. The zero-order valence-corrected chi connectivity index (χ0v) is 17.7. The molecule has 158 valence electrons. The number of anilines is 2. The molecule has 0 fully saturated rings. The molecule has 10 heteroatoms. The van der Waals surface area contributed by atoms with Gasteiger partial charge in [-0.1, -0.05) is 11.6 Å². The zero-order chi connectivity index (χ0) is 21.8. The zero-order valence-electron chi connectivity index (χ0n) is 17.0. The highest BCUT2D eigenvalue weighted by molar-refractivity contribution is 6.33. The van der Waals surface area contributed by atoms with Crippen molar-refractivity contribution in [2.24, 2.45) is 0 Å². The van der Waals surface area contributed by atoms with E-state index in [2.05, 4.69) is 20.6 Å². The molecule has 0 aliphatic rings. The summed E-state index contributed by atoms with van der Waals surface area (Å²) in [5, 5.41) is 5.86. The lowest BCUT2D eigenvalue weighted by Crippen LogP contribution is -2.26. The summed E-state index contributed by atoms with van der Waals surface area (Å²) in [6.07, 6.45) is 3.49. The van der Waals surface area contributed by atoms with E-state index in [-0.39, 0.29) is 12.0 Å². The molecule has 2 heterocycles. The van der Waals surface area contributed by atoms with E-state index in [0.29, 0.717) is 33.4 Å². The van der Waals surface area contributed by atoms with Crippen molar-refractivity contribution in [2.75, 3.05) is 17.7 Å². The van der Waals surface area contributed by atoms with Crippen LogP contribution in [0.2, 0.25) is 5.02 Å². The average Bonchev–Trinajstić information content (AvgIpc) is 3.11. The SMILES string of the molecule is COC(C)C(=O)Nc1ccc(Cl)c(-c2cn3cc(NC(=O)OC(C)C)cnc3n2)c1. The number of carbonyl (C=O) groups excluding carboxylic acids is 2. The molecule has 0 spiro atoms. The molecule has 9 nitrogen and oxygen atoms in total. The molecule has 0 aliphatic carbocycles. The first-order chi connectivity index (χ1) is 14.3. The monoisotopic (exact) mass is 431 g/mol. The molecule has 3 aromatic rings. The Bertz CT molecular complexity index is 1080. The smallest absolute Gasteiger partial charge is 0.411 e. The number of hydrogen-bond acceptors (Lipinski definition) is 6. The number of aromatic nitrogens is 3. The van der Waals surface area contributed by atoms with Crippen LogP contribution in [0.1, 0.15) is 20.8 Å². The van der Waals surface area contributed by atoms with E-state index in [4.69, 9.17) is 21.1 Å². The molecule has 2 N–H and O–H groups in total. The van der Waals surface area contributed by atoms with Crippen LogP contribution in [0.5, 0.6) is 0 Å². The number of ether oxygens (including phenoxy) is 2. The van der Waals surface area contributed by atoms with E-state index in [1.165, 1.54) is 13.3 Å². The van der Waals surface area contributed by atoms with Crippen LogP contribution < -0.4 is 10.6 Å². The highest BCUT2D eigenvalue weighted by Crippen LogP contribution is 2.30. The van der Waals surface area contributed by atoms with Gasteiger partial charge in [0.15, 0.2) is 0 Å². The number of carbonyl (C=O) groups is 2. The lowest BCUT2D eigenvalue weighted by atomic mass is 10.1. The fourth-order valence-electron chi connectivity index (χ4n) is 2.59. The van der Waals surface area contributed by atoms with Gasteiger partial charge in [0.1, 0.15) is 6.10 Å². The molecule has 2 aromatic heterocycles. The second kappa shape index (κ2) is 9.10. The maximum absolute atomic E-state index is 12.1. The quantitative estimate of drug-likeness (QED) is 0.611. The topological polar surface area (TPSA) is 107 Å². The largest absolute Gasteiger partial charge is 0.447 e. The maximum atomic E-state index is 12.1. The van der Waals surface area contributed by atoms with Crippen molar-refractivity contribution in [2.45, 2.75) is 33.0 Å². The minimum Gasteiger partial charge on any atom is -0.447 e. The molecule has 3 rings (SSSR count). The third-order valence-electron chi connectivity index (χ3n) is 4.13. The van der Waals surface area contributed by atoms with Crippen LogP contribution in [0, 0.1) is 0 Å². The summed E-state index contributed by atoms with van der Waals surface area (Å²) >= 11 is 6.35. The van der Waals surface area contributed by atoms with Crippen LogP contribution in [0.25, 0.3) is 17.0 Å². The number of methoxy groups -OCH3 is 1. The molecule has 1 aromatic carbocycles. The number of nitrogens with zero attached hydrogens (tertiary/aromatic N) is 3. The minimum absolute atomic E-state index is 0.233. The van der Waals surface area contributed by atoms with Gasteiger partial charge in [-0.05, 0) is 39.0 Å². The molecule has 0 saturated heterocycles. The number of nitrogens with one attached hydrogen (secondary N) is 2. The molecular formula is C20H22ClN5O4. The third-order valence-corrected chi connectivity index (χ3v) is 4.46. The molecule has 30 heavy (non-hydrogen) atoms. The summed E-state index contributed by atoms with van der Waals surface area (Å²) in [4.78, 5) is 32.6. The van der Waals surface area contributed by atoms with Crippen LogP contribution in [0.15, 0.2) is 36.8 Å². The summed E-state index contributed by atoms with van der Waals surface area (Å²) in [6, 6.07) is 5.10. The molecule has 1 atom stereocenters. The Kier molecular flexibility index (Phi) is 6.53. The first kappa shape index (κ1) is 21.5. The molecule has 0 bridgehead atoms. The van der Waals surface area contributed by atoms with Crippen LogP contribution >= 0.6 is 11.6 Å². The maximum Gasteiger partial charge on any atom is 0.411 e. The number of benzene rings is 1. The Morgan fingerprint density at radius 2 is 1.90 bits per heavy atom. The number of amides is 2. The molecule has 0 radical (unpaired) electrons. The van der Waals surface area contributed by atoms with Crippen molar-refractivity contribution in [3.63, 3.8) is 0 Å². The third kappa shape index (κ3) is 5.05. The fourth-order valence-corrected chi connectivity index (χ4v) is 2.81. The summed E-state index contributed by atoms with van der Waals surface area (Å²) in [5.74, 6) is 0.151. The van der Waals surface area contributed by atoms with Gasteiger partial charge >= 0.3 is 6.09 Å². The normalized spacial score (nSPS) is 12.1. The molecule has 0 aliphatic heterocycles. The van der Waals surface area contributed by atoms with E-state index in [0.717, 1.165) is 0 Å². The van der Waals surface area contributed by atoms with Crippen molar-refractivity contribution in [1.82, 2.24) is 14.4 Å². The van der Waals surface area contributed by atoms with Gasteiger partial charge in [0.05, 0.1) is 28.7 Å². The Labute approximate surface area is 178 Å². The van der Waals surface area contributed by atoms with Crippen LogP contribution in [-0.2, 0) is 14.3 Å². The first-order valence-corrected chi connectivity index (χ1v) is 9.60. The number of fused-ring (bicyclic) bond motifs is 1. The lowest BCUT2D eigenvalue weighted by molar-refractivity contribution is -0.124.